The van der Waals surface area contributed by atoms with Crippen molar-refractivity contribution in [1.29, 1.82) is 0 Å². The molecule has 9 heteroatoms. The quantitative estimate of drug-likeness (QED) is 0.0670. The summed E-state index contributed by atoms with van der Waals surface area (Å²) in [5.41, 5.74) is 1.64. The molecule has 0 aromatic heterocycles. The van der Waals surface area contributed by atoms with E-state index in [-0.39, 0.29) is 29.2 Å². The molecule has 0 aliphatic rings. The standard InChI is InChI=1S/C26H31O6S2.3C4H9.Sn/c1-5-21(2)16-18-26(19-17-22(3)20-32-23(4)27,33(28,29)24-12-8-6-9-13-24)34(30,31)25-14-10-7-11-15-25;3*1-3-4-2;/h5-15,17H,1,16,18-20H2,2-4H3;3*1,3-4H2,2H3;/b21-5+,22-17+;;;;. The van der Waals surface area contributed by atoms with Crippen molar-refractivity contribution in [3.05, 3.63) is 84.0 Å². The SMILES string of the molecule is CCC[CH2][Sn]([CH2]/C=C(\C)CCC(C/C=C(\C)COC(C)=O)(S(=O)(=O)c1ccccc1)S(=O)(=O)c1ccccc1)([CH2]CCC)[CH2]CCC. The van der Waals surface area contributed by atoms with Crippen molar-refractivity contribution in [2.45, 2.75) is 131 Å². The third kappa shape index (κ3) is 11.6. The monoisotopic (exact) mass is 794 g/mol. The Hall–Kier alpha value is -1.91. The fourth-order valence-corrected chi connectivity index (χ4v) is 26.7. The first-order valence-electron chi connectivity index (χ1n) is 17.3. The van der Waals surface area contributed by atoms with E-state index in [1.54, 1.807) is 49.4 Å². The summed E-state index contributed by atoms with van der Waals surface area (Å²) in [7, 11) is -8.85. The summed E-state index contributed by atoms with van der Waals surface area (Å²) in [6.45, 7) is 11.8. The van der Waals surface area contributed by atoms with Crippen LogP contribution in [0.5, 0.6) is 0 Å². The molecule has 0 saturated heterocycles. The molecule has 0 spiro atoms. The number of unbranched alkanes of at least 4 members (excludes halogenated alkanes) is 3. The topological polar surface area (TPSA) is 94.6 Å². The summed E-state index contributed by atoms with van der Waals surface area (Å²) < 4.78 is 67.1. The zero-order valence-corrected chi connectivity index (χ0v) is 34.1. The van der Waals surface area contributed by atoms with Crippen LogP contribution in [0.1, 0.15) is 99.3 Å². The van der Waals surface area contributed by atoms with Crippen molar-refractivity contribution in [3.8, 4) is 0 Å². The second-order valence-corrected chi connectivity index (χ2v) is 31.9. The molecule has 0 fully saturated rings. The predicted molar refractivity (Wildman–Crippen MR) is 198 cm³/mol. The molecule has 6 nitrogen and oxygen atoms in total. The molecular weight excluding hydrogens is 735 g/mol. The van der Waals surface area contributed by atoms with Gasteiger partial charge in [-0.05, 0) is 0 Å². The number of esters is 1. The molecule has 2 aromatic rings. The van der Waals surface area contributed by atoms with Gasteiger partial charge in [0.25, 0.3) is 0 Å². The minimum atomic E-state index is -4.42. The molecule has 0 aliphatic heterocycles. The average molecular weight is 794 g/mol. The Bertz CT molecular complexity index is 1420. The Morgan fingerprint density at radius 3 is 1.55 bits per heavy atom. The Labute approximate surface area is 290 Å². The molecule has 0 aliphatic carbocycles. The van der Waals surface area contributed by atoms with E-state index < -0.39 is 48.1 Å². The molecule has 0 heterocycles. The van der Waals surface area contributed by atoms with Crippen LogP contribution in [0.15, 0.2) is 93.8 Å². The van der Waals surface area contributed by atoms with Gasteiger partial charge in [0.2, 0.25) is 0 Å². The molecule has 0 bridgehead atoms. The zero-order chi connectivity index (χ0) is 35.0. The van der Waals surface area contributed by atoms with E-state index in [1.807, 2.05) is 6.92 Å². The van der Waals surface area contributed by atoms with Crippen molar-refractivity contribution < 1.29 is 26.4 Å². The van der Waals surface area contributed by atoms with Crippen LogP contribution >= 0.6 is 0 Å². The fourth-order valence-electron chi connectivity index (χ4n) is 6.18. The van der Waals surface area contributed by atoms with Crippen LogP contribution in [0.2, 0.25) is 17.7 Å². The fraction of sp³-hybridized carbons (Fsp3) is 0.553. The van der Waals surface area contributed by atoms with Gasteiger partial charge in [0.05, 0.1) is 0 Å². The minimum absolute atomic E-state index is 0.0268. The third-order valence-electron chi connectivity index (χ3n) is 9.32. The Balaban J connectivity index is 2.69. The number of hydrogen-bond donors (Lipinski definition) is 0. The molecule has 0 radical (unpaired) electrons. The van der Waals surface area contributed by atoms with Crippen LogP contribution in [0.3, 0.4) is 0 Å². The number of hydrogen-bond acceptors (Lipinski definition) is 6. The second kappa shape index (κ2) is 19.9. The number of sulfone groups is 2. The van der Waals surface area contributed by atoms with Gasteiger partial charge in [-0.25, -0.2) is 0 Å². The van der Waals surface area contributed by atoms with Gasteiger partial charge in [0, 0.05) is 6.92 Å². The molecule has 0 amide bonds. The maximum atomic E-state index is 14.7. The molecule has 0 unspecified atom stereocenters. The van der Waals surface area contributed by atoms with E-state index in [1.165, 1.54) is 83.0 Å². The molecule has 0 saturated carbocycles. The number of allylic oxidation sites excluding steroid dienone is 3. The number of carbonyl (C=O) groups is 1. The van der Waals surface area contributed by atoms with Gasteiger partial charge in [-0.2, -0.15) is 0 Å². The van der Waals surface area contributed by atoms with Gasteiger partial charge in [0.1, 0.15) is 0 Å². The summed E-state index contributed by atoms with van der Waals surface area (Å²) in [5.74, 6) is -0.461. The Morgan fingerprint density at radius 1 is 0.702 bits per heavy atom. The van der Waals surface area contributed by atoms with Crippen LogP contribution in [0.25, 0.3) is 0 Å². The van der Waals surface area contributed by atoms with Gasteiger partial charge in [0.15, 0.2) is 0 Å². The summed E-state index contributed by atoms with van der Waals surface area (Å²) in [4.78, 5) is 11.4. The van der Waals surface area contributed by atoms with Crippen molar-refractivity contribution in [1.82, 2.24) is 0 Å². The Morgan fingerprint density at radius 2 is 1.15 bits per heavy atom. The summed E-state index contributed by atoms with van der Waals surface area (Å²) in [6, 6.07) is 15.8. The molecule has 2 aromatic carbocycles. The van der Waals surface area contributed by atoms with Crippen molar-refractivity contribution in [2.24, 2.45) is 0 Å². The van der Waals surface area contributed by atoms with Crippen molar-refractivity contribution in [2.75, 3.05) is 6.61 Å². The maximum absolute atomic E-state index is 14.7. The van der Waals surface area contributed by atoms with Crippen LogP contribution < -0.4 is 0 Å². The van der Waals surface area contributed by atoms with Crippen LogP contribution in [-0.2, 0) is 29.2 Å². The first kappa shape index (κ1) is 41.3. The van der Waals surface area contributed by atoms with E-state index in [2.05, 4.69) is 26.8 Å². The first-order valence-corrected chi connectivity index (χ1v) is 28.4. The third-order valence-corrected chi connectivity index (χ3v) is 30.3. The zero-order valence-electron chi connectivity index (χ0n) is 29.6. The van der Waals surface area contributed by atoms with Crippen molar-refractivity contribution in [3.63, 3.8) is 0 Å². The normalized spacial score (nSPS) is 13.5. The van der Waals surface area contributed by atoms with Crippen LogP contribution in [0.4, 0.5) is 0 Å². The Kier molecular flexibility index (Phi) is 17.5. The van der Waals surface area contributed by atoms with Gasteiger partial charge >= 0.3 is 280 Å². The molecule has 47 heavy (non-hydrogen) atoms. The number of benzene rings is 2. The molecule has 262 valence electrons. The van der Waals surface area contributed by atoms with E-state index in [4.69, 9.17) is 4.74 Å². The average Bonchev–Trinajstić information content (AvgIpc) is 3.07. The van der Waals surface area contributed by atoms with E-state index in [0.29, 0.717) is 12.0 Å². The van der Waals surface area contributed by atoms with Crippen molar-refractivity contribution >= 4 is 44.0 Å². The number of rotatable bonds is 22. The van der Waals surface area contributed by atoms with Crippen LogP contribution in [0, 0.1) is 0 Å². The van der Waals surface area contributed by atoms with Gasteiger partial charge in [-0.1, -0.05) is 0 Å². The van der Waals surface area contributed by atoms with Gasteiger partial charge in [-0.15, -0.1) is 0 Å². The van der Waals surface area contributed by atoms with E-state index in [0.717, 1.165) is 10.0 Å². The van der Waals surface area contributed by atoms with E-state index in [9.17, 15) is 21.6 Å². The molecule has 0 atom stereocenters. The van der Waals surface area contributed by atoms with Gasteiger partial charge < -0.3 is 0 Å². The van der Waals surface area contributed by atoms with E-state index >= 15 is 0 Å². The molecule has 0 N–H and O–H groups in total. The first-order chi connectivity index (χ1) is 22.3. The predicted octanol–water partition coefficient (Wildman–Crippen LogP) is 10.1. The summed E-state index contributed by atoms with van der Waals surface area (Å²) in [5, 5.41) is 0. The van der Waals surface area contributed by atoms with Gasteiger partial charge in [-0.3, -0.25) is 4.79 Å². The number of ether oxygens (including phenoxy) is 1. The molecular formula is C38H58O6S2Sn. The van der Waals surface area contributed by atoms with Crippen LogP contribution in [-0.4, -0.2) is 51.9 Å². The second-order valence-electron chi connectivity index (χ2n) is 13.1. The number of carbonyl (C=O) groups excluding carboxylic acids is 1. The summed E-state index contributed by atoms with van der Waals surface area (Å²) >= 11 is -2.50. The summed E-state index contributed by atoms with van der Waals surface area (Å²) in [6.07, 6.45) is 11.3. The molecule has 2 rings (SSSR count).